The molecule has 2 fully saturated rings. The molecule has 0 saturated heterocycles. The molecule has 3 aliphatic rings. The van der Waals surface area contributed by atoms with Gasteiger partial charge in [0.25, 0.3) is 0 Å². The first-order valence-corrected chi connectivity index (χ1v) is 9.86. The molecule has 9 nitrogen and oxygen atoms in total. The highest BCUT2D eigenvalue weighted by atomic mass is 31.2. The van der Waals surface area contributed by atoms with E-state index in [1.165, 1.54) is 19.3 Å². The van der Waals surface area contributed by atoms with Crippen LogP contribution < -0.4 is 5.73 Å². The molecule has 5 rings (SSSR count). The first-order chi connectivity index (χ1) is 11.2. The Hall–Kier alpha value is -1.80. The number of aliphatic hydroxyl groups is 2. The second-order valence-electron chi connectivity index (χ2n) is 7.11. The molecule has 0 spiro atoms. The van der Waals surface area contributed by atoms with E-state index in [9.17, 15) is 19.7 Å². The van der Waals surface area contributed by atoms with Crippen LogP contribution in [0, 0.1) is 11.3 Å². The number of imidazole rings is 1. The summed E-state index contributed by atoms with van der Waals surface area (Å²) in [6.45, 7) is 1.28. The van der Waals surface area contributed by atoms with E-state index in [-0.39, 0.29) is 17.9 Å². The molecule has 2 aromatic heterocycles. The fourth-order valence-electron chi connectivity index (χ4n) is 5.05. The van der Waals surface area contributed by atoms with E-state index in [2.05, 4.69) is 15.0 Å². The van der Waals surface area contributed by atoms with Crippen LogP contribution in [0.15, 0.2) is 24.3 Å². The molecule has 0 aromatic carbocycles. The number of allylic oxidation sites excluding steroid dienone is 1. The van der Waals surface area contributed by atoms with Crippen molar-refractivity contribution < 1.29 is 19.7 Å². The molecule has 1 unspecified atom stereocenters. The number of nitrogen functional groups attached to an aromatic ring is 1. The minimum Gasteiger partial charge on any atom is -0.389 e. The molecule has 6 atom stereocenters. The first kappa shape index (κ1) is 14.5. The van der Waals surface area contributed by atoms with Crippen LogP contribution in [-0.2, 0) is 4.57 Å². The number of rotatable bonds is 3. The van der Waals surface area contributed by atoms with E-state index in [0.717, 1.165) is 0 Å². The molecule has 2 heterocycles. The van der Waals surface area contributed by atoms with Crippen molar-refractivity contribution in [2.24, 2.45) is 11.3 Å². The van der Waals surface area contributed by atoms with Gasteiger partial charge in [-0.3, -0.25) is 4.57 Å². The summed E-state index contributed by atoms with van der Waals surface area (Å²) in [5.74, 6) is -0.00902. The van der Waals surface area contributed by atoms with Gasteiger partial charge in [0.1, 0.15) is 17.4 Å². The van der Waals surface area contributed by atoms with Gasteiger partial charge in [-0.25, -0.2) is 15.0 Å². The van der Waals surface area contributed by atoms with Crippen LogP contribution in [-0.4, -0.2) is 59.2 Å². The molecule has 24 heavy (non-hydrogen) atoms. The van der Waals surface area contributed by atoms with E-state index < -0.39 is 30.5 Å². The van der Waals surface area contributed by atoms with E-state index in [0.29, 0.717) is 16.7 Å². The Kier molecular flexibility index (Phi) is 2.35. The Morgan fingerprint density at radius 1 is 1.42 bits per heavy atom. The maximum absolute atomic E-state index is 11.9. The van der Waals surface area contributed by atoms with Gasteiger partial charge in [0.05, 0.1) is 18.5 Å². The highest BCUT2D eigenvalue weighted by Crippen LogP contribution is 2.81. The Bertz CT molecular complexity index is 983. The van der Waals surface area contributed by atoms with Gasteiger partial charge in [-0.2, -0.15) is 0 Å². The second kappa shape index (κ2) is 3.88. The lowest BCUT2D eigenvalue weighted by molar-refractivity contribution is -0.140. The average Bonchev–Trinajstić information content (AvgIpc) is 3.12. The zero-order valence-corrected chi connectivity index (χ0v) is 13.6. The van der Waals surface area contributed by atoms with E-state index in [1.807, 2.05) is 6.08 Å². The lowest BCUT2D eigenvalue weighted by Gasteiger charge is -2.57. The standard InChI is InChI=1S/C14H16N5O4P/c1-24(22,23)3-13-6-2-7(13)14(21,12(13)20)9(6)19-5-18-8-10(15)16-4-17-11(8)19/h2,4-6,9,12,20-21H,3H2,1H3,(H,22,23)(H2,15,16,17)/t6-,9-,12-,13+,14-/m1/s1. The van der Waals surface area contributed by atoms with Gasteiger partial charge >= 0.3 is 0 Å². The Balaban J connectivity index is 1.65. The minimum atomic E-state index is -3.36. The highest BCUT2D eigenvalue weighted by molar-refractivity contribution is 7.57. The zero-order chi connectivity index (χ0) is 17.1. The molecule has 10 heteroatoms. The number of aromatic nitrogens is 4. The summed E-state index contributed by atoms with van der Waals surface area (Å²) in [6.07, 6.45) is 3.59. The van der Waals surface area contributed by atoms with Crippen molar-refractivity contribution in [3.63, 3.8) is 0 Å². The Labute approximate surface area is 136 Å². The normalized spacial score (nSPS) is 41.5. The summed E-state index contributed by atoms with van der Waals surface area (Å²) in [5, 5.41) is 21.7. The molecule has 3 aliphatic carbocycles. The summed E-state index contributed by atoms with van der Waals surface area (Å²) in [5.41, 5.74) is 5.08. The van der Waals surface area contributed by atoms with Crippen molar-refractivity contribution in [1.82, 2.24) is 19.5 Å². The maximum atomic E-state index is 11.9. The van der Waals surface area contributed by atoms with E-state index in [1.54, 1.807) is 4.57 Å². The average molecular weight is 349 g/mol. The van der Waals surface area contributed by atoms with Crippen molar-refractivity contribution in [2.75, 3.05) is 18.6 Å². The zero-order valence-electron chi connectivity index (χ0n) is 12.7. The Morgan fingerprint density at radius 3 is 2.83 bits per heavy atom. The summed E-state index contributed by atoms with van der Waals surface area (Å²) in [4.78, 5) is 22.1. The van der Waals surface area contributed by atoms with Crippen LogP contribution in [0.3, 0.4) is 0 Å². The fourth-order valence-corrected chi connectivity index (χ4v) is 6.58. The highest BCUT2D eigenvalue weighted by Gasteiger charge is 2.86. The smallest absolute Gasteiger partial charge is 0.198 e. The first-order valence-electron chi connectivity index (χ1n) is 7.57. The van der Waals surface area contributed by atoms with Gasteiger partial charge in [0.15, 0.2) is 18.8 Å². The molecule has 4 bridgehead atoms. The third-order valence-electron chi connectivity index (χ3n) is 5.81. The minimum absolute atomic E-state index is 0.0414. The summed E-state index contributed by atoms with van der Waals surface area (Å²) in [7, 11) is -3.36. The van der Waals surface area contributed by atoms with Crippen molar-refractivity contribution in [3.05, 3.63) is 24.3 Å². The van der Waals surface area contributed by atoms with Gasteiger partial charge in [0.2, 0.25) is 0 Å². The molecule has 126 valence electrons. The lowest BCUT2D eigenvalue weighted by Crippen LogP contribution is -2.66. The SMILES string of the molecule is CP(=O)(O)C[C@@]12C3=C[C@@H]1[C@@H](n1cnc4c(N)ncnc41)[C@@]3(O)[C@@H]2O. The van der Waals surface area contributed by atoms with Crippen molar-refractivity contribution >= 4 is 24.4 Å². The number of fused-ring (bicyclic) bond motifs is 1. The second-order valence-corrected chi connectivity index (χ2v) is 9.53. The largest absolute Gasteiger partial charge is 0.389 e. The van der Waals surface area contributed by atoms with Gasteiger partial charge < -0.3 is 25.4 Å². The van der Waals surface area contributed by atoms with Gasteiger partial charge in [-0.1, -0.05) is 6.08 Å². The molecule has 2 saturated carbocycles. The van der Waals surface area contributed by atoms with Gasteiger partial charge in [-0.15, -0.1) is 0 Å². The summed E-state index contributed by atoms with van der Waals surface area (Å²) >= 11 is 0. The number of hydrogen-bond donors (Lipinski definition) is 4. The third-order valence-corrected chi connectivity index (χ3v) is 6.92. The van der Waals surface area contributed by atoms with Gasteiger partial charge in [-0.05, 0) is 5.57 Å². The van der Waals surface area contributed by atoms with Crippen LogP contribution >= 0.6 is 7.37 Å². The third kappa shape index (κ3) is 1.32. The van der Waals surface area contributed by atoms with Crippen LogP contribution in [0.2, 0.25) is 0 Å². The number of hydrogen-bond acceptors (Lipinski definition) is 7. The van der Waals surface area contributed by atoms with Gasteiger partial charge in [0, 0.05) is 24.2 Å². The predicted molar refractivity (Wildman–Crippen MR) is 84.4 cm³/mol. The topological polar surface area (TPSA) is 147 Å². The molecule has 0 radical (unpaired) electrons. The molecule has 0 amide bonds. The van der Waals surface area contributed by atoms with Crippen LogP contribution in [0.25, 0.3) is 11.2 Å². The van der Waals surface area contributed by atoms with E-state index in [4.69, 9.17) is 5.73 Å². The number of anilines is 1. The molecular weight excluding hydrogens is 333 g/mol. The number of nitrogens with zero attached hydrogens (tertiary/aromatic N) is 4. The quantitative estimate of drug-likeness (QED) is 0.429. The fraction of sp³-hybridized carbons (Fsp3) is 0.500. The van der Waals surface area contributed by atoms with Crippen molar-refractivity contribution in [1.29, 1.82) is 0 Å². The molecule has 0 aliphatic heterocycles. The van der Waals surface area contributed by atoms with Crippen molar-refractivity contribution in [2.45, 2.75) is 17.7 Å². The van der Waals surface area contributed by atoms with Crippen LogP contribution in [0.4, 0.5) is 5.82 Å². The molecule has 5 N–H and O–H groups in total. The molecular formula is C14H16N5O4P. The maximum Gasteiger partial charge on any atom is 0.198 e. The van der Waals surface area contributed by atoms with Crippen LogP contribution in [0.5, 0.6) is 0 Å². The van der Waals surface area contributed by atoms with E-state index >= 15 is 0 Å². The molecule has 2 aromatic rings. The van der Waals surface area contributed by atoms with Crippen molar-refractivity contribution in [3.8, 4) is 0 Å². The monoisotopic (exact) mass is 349 g/mol. The predicted octanol–water partition coefficient (Wildman–Crippen LogP) is -0.488. The number of aliphatic hydroxyl groups excluding tert-OH is 1. The Morgan fingerprint density at radius 2 is 2.17 bits per heavy atom. The summed E-state index contributed by atoms with van der Waals surface area (Å²) < 4.78 is 13.6. The summed E-state index contributed by atoms with van der Waals surface area (Å²) in [6, 6.07) is -0.520. The number of nitrogens with two attached hydrogens (primary N) is 1. The van der Waals surface area contributed by atoms with Crippen LogP contribution in [0.1, 0.15) is 6.04 Å². The lowest BCUT2D eigenvalue weighted by atomic mass is 9.52.